The van der Waals surface area contributed by atoms with Crippen molar-refractivity contribution in [3.63, 3.8) is 0 Å². The SMILES string of the molecule is CC(Cc1cccc(N2CCN(C(C)C)CC2)c1)C(=O)O. The smallest absolute Gasteiger partial charge is 0.306 e. The van der Waals surface area contributed by atoms with Crippen LogP contribution < -0.4 is 4.90 Å². The van der Waals surface area contributed by atoms with Crippen molar-refractivity contribution >= 4 is 11.7 Å². The van der Waals surface area contributed by atoms with E-state index in [0.29, 0.717) is 12.5 Å². The van der Waals surface area contributed by atoms with Crippen LogP contribution >= 0.6 is 0 Å². The molecule has 1 fully saturated rings. The highest BCUT2D eigenvalue weighted by molar-refractivity contribution is 5.70. The minimum Gasteiger partial charge on any atom is -0.481 e. The molecule has 1 aromatic carbocycles. The predicted octanol–water partition coefficient (Wildman–Crippen LogP) is 2.48. The van der Waals surface area contributed by atoms with Crippen molar-refractivity contribution in [2.24, 2.45) is 5.92 Å². The van der Waals surface area contributed by atoms with Crippen molar-refractivity contribution < 1.29 is 9.90 Å². The minimum absolute atomic E-state index is 0.335. The third kappa shape index (κ3) is 4.21. The second kappa shape index (κ2) is 6.94. The molecule has 1 heterocycles. The lowest BCUT2D eigenvalue weighted by Gasteiger charge is -2.38. The maximum absolute atomic E-state index is 11.0. The third-order valence-corrected chi connectivity index (χ3v) is 4.28. The summed E-state index contributed by atoms with van der Waals surface area (Å²) >= 11 is 0. The molecule has 0 amide bonds. The van der Waals surface area contributed by atoms with Gasteiger partial charge in [-0.05, 0) is 38.0 Å². The van der Waals surface area contributed by atoms with E-state index in [9.17, 15) is 4.79 Å². The average molecular weight is 290 g/mol. The standard InChI is InChI=1S/C17H26N2O2/c1-13(2)18-7-9-19(10-8-18)16-6-4-5-15(12-16)11-14(3)17(20)21/h4-6,12-14H,7-11H2,1-3H3,(H,20,21). The van der Waals surface area contributed by atoms with Gasteiger partial charge in [-0.15, -0.1) is 0 Å². The van der Waals surface area contributed by atoms with Gasteiger partial charge in [0.15, 0.2) is 0 Å². The van der Waals surface area contributed by atoms with Crippen molar-refractivity contribution in [3.05, 3.63) is 29.8 Å². The molecule has 0 saturated carbocycles. The predicted molar refractivity (Wildman–Crippen MR) is 85.9 cm³/mol. The van der Waals surface area contributed by atoms with Crippen LogP contribution in [-0.4, -0.2) is 48.2 Å². The molecule has 0 spiro atoms. The van der Waals surface area contributed by atoms with Gasteiger partial charge in [-0.1, -0.05) is 19.1 Å². The average Bonchev–Trinajstić information content (AvgIpc) is 2.47. The number of hydrogen-bond donors (Lipinski definition) is 1. The Morgan fingerprint density at radius 3 is 2.43 bits per heavy atom. The molecule has 1 aliphatic rings. The van der Waals surface area contributed by atoms with E-state index in [0.717, 1.165) is 31.7 Å². The molecule has 0 aromatic heterocycles. The van der Waals surface area contributed by atoms with E-state index < -0.39 is 5.97 Å². The van der Waals surface area contributed by atoms with E-state index in [2.05, 4.69) is 35.8 Å². The normalized spacial score (nSPS) is 18.0. The summed E-state index contributed by atoms with van der Waals surface area (Å²) in [5.41, 5.74) is 2.32. The van der Waals surface area contributed by atoms with Gasteiger partial charge in [-0.25, -0.2) is 0 Å². The topological polar surface area (TPSA) is 43.8 Å². The highest BCUT2D eigenvalue weighted by Gasteiger charge is 2.19. The number of nitrogens with zero attached hydrogens (tertiary/aromatic N) is 2. The van der Waals surface area contributed by atoms with Crippen molar-refractivity contribution in [3.8, 4) is 0 Å². The highest BCUT2D eigenvalue weighted by atomic mass is 16.4. The van der Waals surface area contributed by atoms with Crippen LogP contribution in [-0.2, 0) is 11.2 Å². The number of carboxylic acids is 1. The van der Waals surface area contributed by atoms with Crippen LogP contribution in [0.3, 0.4) is 0 Å². The van der Waals surface area contributed by atoms with E-state index in [1.54, 1.807) is 6.92 Å². The zero-order valence-electron chi connectivity index (χ0n) is 13.2. The molecular weight excluding hydrogens is 264 g/mol. The Kier molecular flexibility index (Phi) is 5.23. The molecule has 1 unspecified atom stereocenters. The van der Waals surface area contributed by atoms with Gasteiger partial charge in [0, 0.05) is 37.9 Å². The Balaban J connectivity index is 2.00. The number of hydrogen-bond acceptors (Lipinski definition) is 3. The van der Waals surface area contributed by atoms with Gasteiger partial charge in [0.05, 0.1) is 5.92 Å². The summed E-state index contributed by atoms with van der Waals surface area (Å²) in [7, 11) is 0. The van der Waals surface area contributed by atoms with Crippen molar-refractivity contribution in [2.45, 2.75) is 33.2 Å². The number of benzene rings is 1. The number of carboxylic acid groups (broad SMARTS) is 1. The Hall–Kier alpha value is -1.55. The summed E-state index contributed by atoms with van der Waals surface area (Å²) in [6, 6.07) is 8.93. The first kappa shape index (κ1) is 15.8. The third-order valence-electron chi connectivity index (χ3n) is 4.28. The molecule has 1 aliphatic heterocycles. The van der Waals surface area contributed by atoms with Gasteiger partial charge in [-0.3, -0.25) is 9.69 Å². The molecule has 21 heavy (non-hydrogen) atoms. The maximum Gasteiger partial charge on any atom is 0.306 e. The van der Waals surface area contributed by atoms with E-state index in [4.69, 9.17) is 5.11 Å². The molecule has 0 aliphatic carbocycles. The van der Waals surface area contributed by atoms with Gasteiger partial charge >= 0.3 is 5.97 Å². The molecule has 1 saturated heterocycles. The summed E-state index contributed by atoms with van der Waals surface area (Å²) in [5.74, 6) is -1.07. The lowest BCUT2D eigenvalue weighted by Crippen LogP contribution is -2.48. The molecule has 4 nitrogen and oxygen atoms in total. The number of anilines is 1. The second-order valence-corrected chi connectivity index (χ2v) is 6.23. The summed E-state index contributed by atoms with van der Waals surface area (Å²) in [4.78, 5) is 15.9. The molecule has 4 heteroatoms. The van der Waals surface area contributed by atoms with Gasteiger partial charge in [0.1, 0.15) is 0 Å². The van der Waals surface area contributed by atoms with Crippen LogP contribution in [0.25, 0.3) is 0 Å². The van der Waals surface area contributed by atoms with Crippen LogP contribution in [0.2, 0.25) is 0 Å². The highest BCUT2D eigenvalue weighted by Crippen LogP contribution is 2.20. The van der Waals surface area contributed by atoms with E-state index in [1.807, 2.05) is 12.1 Å². The Morgan fingerprint density at radius 2 is 1.86 bits per heavy atom. The number of piperazine rings is 1. The quantitative estimate of drug-likeness (QED) is 0.905. The van der Waals surface area contributed by atoms with Crippen LogP contribution in [0.4, 0.5) is 5.69 Å². The monoisotopic (exact) mass is 290 g/mol. The van der Waals surface area contributed by atoms with Crippen LogP contribution in [0, 0.1) is 5.92 Å². The molecular formula is C17H26N2O2. The van der Waals surface area contributed by atoms with Gasteiger partial charge < -0.3 is 10.0 Å². The molecule has 0 bridgehead atoms. The van der Waals surface area contributed by atoms with Crippen LogP contribution in [0.1, 0.15) is 26.3 Å². The first-order chi connectivity index (χ1) is 9.97. The van der Waals surface area contributed by atoms with Crippen LogP contribution in [0.5, 0.6) is 0 Å². The summed E-state index contributed by atoms with van der Waals surface area (Å²) < 4.78 is 0. The summed E-state index contributed by atoms with van der Waals surface area (Å²) in [6.07, 6.45) is 0.592. The molecule has 1 atom stereocenters. The van der Waals surface area contributed by atoms with Gasteiger partial charge in [0.2, 0.25) is 0 Å². The summed E-state index contributed by atoms with van der Waals surface area (Å²) in [6.45, 7) is 10.5. The molecule has 1 aromatic rings. The van der Waals surface area contributed by atoms with Crippen LogP contribution in [0.15, 0.2) is 24.3 Å². The van der Waals surface area contributed by atoms with Gasteiger partial charge in [0.25, 0.3) is 0 Å². The molecule has 2 rings (SSSR count). The van der Waals surface area contributed by atoms with E-state index >= 15 is 0 Å². The van der Waals surface area contributed by atoms with Crippen molar-refractivity contribution in [1.82, 2.24) is 4.90 Å². The van der Waals surface area contributed by atoms with Gasteiger partial charge in [-0.2, -0.15) is 0 Å². The number of aliphatic carboxylic acids is 1. The van der Waals surface area contributed by atoms with E-state index in [-0.39, 0.29) is 5.92 Å². The first-order valence-corrected chi connectivity index (χ1v) is 7.78. The fourth-order valence-electron chi connectivity index (χ4n) is 2.82. The minimum atomic E-state index is -0.731. The van der Waals surface area contributed by atoms with E-state index in [1.165, 1.54) is 5.69 Å². The molecule has 116 valence electrons. The zero-order chi connectivity index (χ0) is 15.4. The van der Waals surface area contributed by atoms with Crippen molar-refractivity contribution in [2.75, 3.05) is 31.1 Å². The Labute approximate surface area is 127 Å². The fraction of sp³-hybridized carbons (Fsp3) is 0.588. The molecule has 0 radical (unpaired) electrons. The summed E-state index contributed by atoms with van der Waals surface area (Å²) in [5, 5.41) is 9.03. The lowest BCUT2D eigenvalue weighted by atomic mass is 10.0. The fourth-order valence-corrected chi connectivity index (χ4v) is 2.82. The first-order valence-electron chi connectivity index (χ1n) is 7.78. The second-order valence-electron chi connectivity index (χ2n) is 6.23. The number of rotatable bonds is 5. The lowest BCUT2D eigenvalue weighted by molar-refractivity contribution is -0.141. The Bertz CT molecular complexity index is 479. The number of carbonyl (C=O) groups is 1. The zero-order valence-corrected chi connectivity index (χ0v) is 13.2. The largest absolute Gasteiger partial charge is 0.481 e. The molecule has 1 N–H and O–H groups in total. The maximum atomic E-state index is 11.0. The Morgan fingerprint density at radius 1 is 1.19 bits per heavy atom. The van der Waals surface area contributed by atoms with Crippen molar-refractivity contribution in [1.29, 1.82) is 0 Å².